The van der Waals surface area contributed by atoms with E-state index in [1.54, 1.807) is 0 Å². The van der Waals surface area contributed by atoms with Crippen LogP contribution in [0.5, 0.6) is 0 Å². The zero-order valence-corrected chi connectivity index (χ0v) is 18.7. The van der Waals surface area contributed by atoms with Crippen LogP contribution in [0.3, 0.4) is 0 Å². The second-order valence-corrected chi connectivity index (χ2v) is 9.88. The smallest absolute Gasteiger partial charge is 0.225 e. The molecular formula is C28H36N2O. The van der Waals surface area contributed by atoms with Crippen molar-refractivity contribution in [2.24, 2.45) is 5.92 Å². The Bertz CT molecular complexity index is 838. The predicted molar refractivity (Wildman–Crippen MR) is 126 cm³/mol. The molecule has 0 spiro atoms. The number of amides is 1. The second kappa shape index (κ2) is 9.56. The molecule has 0 radical (unpaired) electrons. The Labute approximate surface area is 187 Å². The van der Waals surface area contributed by atoms with Crippen molar-refractivity contribution < 1.29 is 4.79 Å². The highest BCUT2D eigenvalue weighted by Crippen LogP contribution is 2.37. The van der Waals surface area contributed by atoms with E-state index >= 15 is 0 Å². The van der Waals surface area contributed by atoms with Crippen molar-refractivity contribution in [2.45, 2.75) is 62.8 Å². The Balaban J connectivity index is 1.30. The molecule has 164 valence electrons. The number of rotatable bonds is 4. The molecule has 1 amide bonds. The zero-order chi connectivity index (χ0) is 21.0. The molecule has 1 saturated carbocycles. The molecule has 0 aromatic heterocycles. The summed E-state index contributed by atoms with van der Waals surface area (Å²) in [5.74, 6) is 1.81. The Morgan fingerprint density at radius 1 is 0.710 bits per heavy atom. The molecule has 0 bridgehead atoms. The van der Waals surface area contributed by atoms with Crippen molar-refractivity contribution in [3.05, 3.63) is 71.8 Å². The molecule has 2 atom stereocenters. The molecular weight excluding hydrogens is 380 g/mol. The lowest BCUT2D eigenvalue weighted by atomic mass is 9.87. The Hall–Kier alpha value is -2.13. The maximum absolute atomic E-state index is 13.4. The van der Waals surface area contributed by atoms with E-state index < -0.39 is 0 Å². The van der Waals surface area contributed by atoms with Crippen LogP contribution in [0.4, 0.5) is 0 Å². The topological polar surface area (TPSA) is 23.6 Å². The highest BCUT2D eigenvalue weighted by atomic mass is 16.2. The number of hydrogen-bond donors (Lipinski definition) is 0. The predicted octanol–water partition coefficient (Wildman–Crippen LogP) is 5.44. The summed E-state index contributed by atoms with van der Waals surface area (Å²) in [4.78, 5) is 18.3. The van der Waals surface area contributed by atoms with Crippen LogP contribution in [0.2, 0.25) is 0 Å². The Morgan fingerprint density at radius 3 is 1.97 bits per heavy atom. The van der Waals surface area contributed by atoms with Gasteiger partial charge in [-0.05, 0) is 55.8 Å². The molecule has 2 aliphatic heterocycles. The van der Waals surface area contributed by atoms with Crippen LogP contribution in [0.1, 0.15) is 67.9 Å². The van der Waals surface area contributed by atoms with Gasteiger partial charge in [-0.1, -0.05) is 79.9 Å². The fourth-order valence-corrected chi connectivity index (χ4v) is 6.26. The summed E-state index contributed by atoms with van der Waals surface area (Å²) in [6.07, 6.45) is 8.38. The summed E-state index contributed by atoms with van der Waals surface area (Å²) in [5.41, 5.74) is 2.89. The molecule has 0 N–H and O–H groups in total. The molecule has 2 aromatic rings. The van der Waals surface area contributed by atoms with E-state index in [0.29, 0.717) is 23.8 Å². The summed E-state index contributed by atoms with van der Waals surface area (Å²) in [6, 6.07) is 22.4. The molecule has 3 fully saturated rings. The van der Waals surface area contributed by atoms with Gasteiger partial charge in [0.2, 0.25) is 5.91 Å². The number of hydrogen-bond acceptors (Lipinski definition) is 2. The highest BCUT2D eigenvalue weighted by molar-refractivity contribution is 5.79. The molecule has 3 aliphatic rings. The summed E-state index contributed by atoms with van der Waals surface area (Å²) in [7, 11) is 0. The van der Waals surface area contributed by atoms with E-state index in [-0.39, 0.29) is 5.92 Å². The van der Waals surface area contributed by atoms with E-state index in [2.05, 4.69) is 70.5 Å². The number of carbonyl (C=O) groups is 1. The van der Waals surface area contributed by atoms with Crippen molar-refractivity contribution in [3.8, 4) is 0 Å². The van der Waals surface area contributed by atoms with Gasteiger partial charge in [0.1, 0.15) is 0 Å². The fourth-order valence-electron chi connectivity index (χ4n) is 6.26. The first-order chi connectivity index (χ1) is 15.3. The van der Waals surface area contributed by atoms with Gasteiger partial charge in [0.15, 0.2) is 0 Å². The van der Waals surface area contributed by atoms with E-state index in [1.165, 1.54) is 43.2 Å². The average Bonchev–Trinajstić information content (AvgIpc) is 3.31. The highest BCUT2D eigenvalue weighted by Gasteiger charge is 2.41. The lowest BCUT2D eigenvalue weighted by Gasteiger charge is -2.38. The SMILES string of the molecule is O=C(C1CCCCC1)N1C[C@@H](N2CCC(c3ccccc3)CC2)[C@H](c2ccccc2)C1. The first kappa shape index (κ1) is 20.8. The molecule has 5 rings (SSSR count). The minimum Gasteiger partial charge on any atom is -0.340 e. The van der Waals surface area contributed by atoms with E-state index in [0.717, 1.165) is 39.0 Å². The van der Waals surface area contributed by atoms with Gasteiger partial charge in [-0.25, -0.2) is 0 Å². The van der Waals surface area contributed by atoms with E-state index in [1.807, 2.05) is 0 Å². The third kappa shape index (κ3) is 4.57. The third-order valence-corrected chi connectivity index (χ3v) is 8.05. The quantitative estimate of drug-likeness (QED) is 0.662. The zero-order valence-electron chi connectivity index (χ0n) is 18.7. The van der Waals surface area contributed by atoms with Gasteiger partial charge < -0.3 is 4.90 Å². The molecule has 0 unspecified atom stereocenters. The molecule has 2 heterocycles. The van der Waals surface area contributed by atoms with Gasteiger partial charge in [-0.15, -0.1) is 0 Å². The first-order valence-electron chi connectivity index (χ1n) is 12.4. The molecule has 3 heteroatoms. The van der Waals surface area contributed by atoms with Crippen molar-refractivity contribution in [1.82, 2.24) is 9.80 Å². The van der Waals surface area contributed by atoms with Crippen molar-refractivity contribution in [3.63, 3.8) is 0 Å². The standard InChI is InChI=1S/C28H36N2O/c31-28(25-14-8-3-9-15-25)30-20-26(24-12-6-2-7-13-24)27(21-30)29-18-16-23(17-19-29)22-10-4-1-5-11-22/h1-2,4-7,10-13,23,25-27H,3,8-9,14-21H2/t26-,27+/m0/s1. The van der Waals surface area contributed by atoms with Gasteiger partial charge in [0, 0.05) is 31.0 Å². The molecule has 3 nitrogen and oxygen atoms in total. The van der Waals surface area contributed by atoms with Crippen LogP contribution in [0.15, 0.2) is 60.7 Å². The molecule has 2 aromatic carbocycles. The molecule has 2 saturated heterocycles. The van der Waals surface area contributed by atoms with Gasteiger partial charge in [0.25, 0.3) is 0 Å². The van der Waals surface area contributed by atoms with E-state index in [9.17, 15) is 4.79 Å². The number of likely N-dealkylation sites (tertiary alicyclic amines) is 2. The van der Waals surface area contributed by atoms with Crippen molar-refractivity contribution >= 4 is 5.91 Å². The summed E-state index contributed by atoms with van der Waals surface area (Å²) in [5, 5.41) is 0. The molecule has 31 heavy (non-hydrogen) atoms. The number of benzene rings is 2. The monoisotopic (exact) mass is 416 g/mol. The Morgan fingerprint density at radius 2 is 1.32 bits per heavy atom. The fraction of sp³-hybridized carbons (Fsp3) is 0.536. The van der Waals surface area contributed by atoms with Gasteiger partial charge in [-0.3, -0.25) is 9.69 Å². The first-order valence-corrected chi connectivity index (χ1v) is 12.4. The maximum atomic E-state index is 13.4. The van der Waals surface area contributed by atoms with Crippen LogP contribution in [-0.4, -0.2) is 47.9 Å². The number of nitrogens with zero attached hydrogens (tertiary/aromatic N) is 2. The van der Waals surface area contributed by atoms with Crippen LogP contribution < -0.4 is 0 Å². The summed E-state index contributed by atoms with van der Waals surface area (Å²) >= 11 is 0. The maximum Gasteiger partial charge on any atom is 0.225 e. The van der Waals surface area contributed by atoms with E-state index in [4.69, 9.17) is 0 Å². The number of piperidine rings is 1. The van der Waals surface area contributed by atoms with Gasteiger partial charge in [0.05, 0.1) is 0 Å². The normalized spacial score (nSPS) is 26.3. The summed E-state index contributed by atoms with van der Waals surface area (Å²) in [6.45, 7) is 4.07. The van der Waals surface area contributed by atoms with Crippen LogP contribution >= 0.6 is 0 Å². The van der Waals surface area contributed by atoms with Crippen molar-refractivity contribution in [1.29, 1.82) is 0 Å². The second-order valence-electron chi connectivity index (χ2n) is 9.88. The third-order valence-electron chi connectivity index (χ3n) is 8.05. The average molecular weight is 417 g/mol. The molecule has 1 aliphatic carbocycles. The minimum atomic E-state index is 0.271. The van der Waals surface area contributed by atoms with Crippen molar-refractivity contribution in [2.75, 3.05) is 26.2 Å². The minimum absolute atomic E-state index is 0.271. The number of carbonyl (C=O) groups excluding carboxylic acids is 1. The van der Waals surface area contributed by atoms with Gasteiger partial charge in [-0.2, -0.15) is 0 Å². The Kier molecular flexibility index (Phi) is 6.40. The van der Waals surface area contributed by atoms with Gasteiger partial charge >= 0.3 is 0 Å². The largest absolute Gasteiger partial charge is 0.340 e. The van der Waals surface area contributed by atoms with Crippen LogP contribution in [0.25, 0.3) is 0 Å². The van der Waals surface area contributed by atoms with Crippen LogP contribution in [-0.2, 0) is 4.79 Å². The lowest BCUT2D eigenvalue weighted by molar-refractivity contribution is -0.135. The lowest BCUT2D eigenvalue weighted by Crippen LogP contribution is -2.45. The van der Waals surface area contributed by atoms with Crippen LogP contribution in [0, 0.1) is 5.92 Å². The summed E-state index contributed by atoms with van der Waals surface area (Å²) < 4.78 is 0.